The molecule has 2 rings (SSSR count). The third-order valence-corrected chi connectivity index (χ3v) is 3.13. The first-order valence-electron chi connectivity index (χ1n) is 4.64. The SMILES string of the molecule is NC1(Cc2c(O)c(O)cc(O)c2Cl)CC1. The van der Waals surface area contributed by atoms with E-state index in [1.165, 1.54) is 0 Å². The molecule has 0 amide bonds. The summed E-state index contributed by atoms with van der Waals surface area (Å²) in [7, 11) is 0. The molecule has 0 aliphatic heterocycles. The molecule has 4 nitrogen and oxygen atoms in total. The van der Waals surface area contributed by atoms with Crippen LogP contribution in [-0.4, -0.2) is 20.9 Å². The molecule has 5 heteroatoms. The molecule has 15 heavy (non-hydrogen) atoms. The molecular formula is C10H12ClNO3. The van der Waals surface area contributed by atoms with Crippen molar-refractivity contribution in [1.82, 2.24) is 0 Å². The lowest BCUT2D eigenvalue weighted by molar-refractivity contribution is 0.390. The Morgan fingerprint density at radius 2 is 1.87 bits per heavy atom. The van der Waals surface area contributed by atoms with Gasteiger partial charge >= 0.3 is 0 Å². The van der Waals surface area contributed by atoms with E-state index in [1.807, 2.05) is 0 Å². The Morgan fingerprint density at radius 1 is 1.27 bits per heavy atom. The Morgan fingerprint density at radius 3 is 2.40 bits per heavy atom. The highest BCUT2D eigenvalue weighted by atomic mass is 35.5. The second-order valence-electron chi connectivity index (χ2n) is 4.10. The molecule has 1 saturated carbocycles. The van der Waals surface area contributed by atoms with Crippen molar-refractivity contribution in [2.75, 3.05) is 0 Å². The van der Waals surface area contributed by atoms with Crippen LogP contribution in [0.2, 0.25) is 5.02 Å². The lowest BCUT2D eigenvalue weighted by Gasteiger charge is -2.13. The fourth-order valence-corrected chi connectivity index (χ4v) is 1.74. The van der Waals surface area contributed by atoms with Crippen LogP contribution in [0.4, 0.5) is 0 Å². The van der Waals surface area contributed by atoms with Crippen molar-refractivity contribution in [3.05, 3.63) is 16.7 Å². The highest BCUT2D eigenvalue weighted by Gasteiger charge is 2.39. The largest absolute Gasteiger partial charge is 0.506 e. The van der Waals surface area contributed by atoms with Crippen molar-refractivity contribution in [1.29, 1.82) is 0 Å². The van der Waals surface area contributed by atoms with E-state index in [0.29, 0.717) is 12.0 Å². The Labute approximate surface area is 91.9 Å². The number of phenols is 3. The van der Waals surface area contributed by atoms with E-state index < -0.39 is 0 Å². The van der Waals surface area contributed by atoms with E-state index in [2.05, 4.69) is 0 Å². The van der Waals surface area contributed by atoms with Crippen LogP contribution in [0.3, 0.4) is 0 Å². The Bertz CT molecular complexity index is 389. The molecule has 5 N–H and O–H groups in total. The van der Waals surface area contributed by atoms with Crippen LogP contribution in [0.1, 0.15) is 18.4 Å². The normalized spacial score (nSPS) is 17.7. The number of rotatable bonds is 2. The second-order valence-corrected chi connectivity index (χ2v) is 4.47. The number of phenolic OH excluding ortho intramolecular Hbond substituents is 3. The Balaban J connectivity index is 2.44. The summed E-state index contributed by atoms with van der Waals surface area (Å²) < 4.78 is 0. The van der Waals surface area contributed by atoms with E-state index >= 15 is 0 Å². The zero-order chi connectivity index (χ0) is 11.2. The van der Waals surface area contributed by atoms with Crippen molar-refractivity contribution >= 4 is 11.6 Å². The van der Waals surface area contributed by atoms with E-state index in [4.69, 9.17) is 17.3 Å². The van der Waals surface area contributed by atoms with Crippen molar-refractivity contribution in [3.8, 4) is 17.2 Å². The minimum Gasteiger partial charge on any atom is -0.506 e. The van der Waals surface area contributed by atoms with Gasteiger partial charge in [0.1, 0.15) is 5.75 Å². The fraction of sp³-hybridized carbons (Fsp3) is 0.400. The van der Waals surface area contributed by atoms with Crippen LogP contribution in [0.15, 0.2) is 6.07 Å². The molecule has 0 atom stereocenters. The average molecular weight is 230 g/mol. The first kappa shape index (κ1) is 10.4. The maximum Gasteiger partial charge on any atom is 0.162 e. The quantitative estimate of drug-likeness (QED) is 0.457. The number of hydrogen-bond acceptors (Lipinski definition) is 4. The van der Waals surface area contributed by atoms with Gasteiger partial charge in [0.05, 0.1) is 5.02 Å². The number of nitrogens with two attached hydrogens (primary N) is 1. The molecule has 0 aromatic heterocycles. The lowest BCUT2D eigenvalue weighted by atomic mass is 10.0. The molecule has 1 aromatic carbocycles. The predicted octanol–water partition coefficient (Wildman–Crippen LogP) is 1.49. The summed E-state index contributed by atoms with van der Waals surface area (Å²) in [4.78, 5) is 0. The summed E-state index contributed by atoms with van der Waals surface area (Å²) in [5, 5.41) is 28.3. The van der Waals surface area contributed by atoms with E-state index in [-0.39, 0.29) is 27.8 Å². The van der Waals surface area contributed by atoms with Gasteiger partial charge in [0.25, 0.3) is 0 Å². The highest BCUT2D eigenvalue weighted by Crippen LogP contribution is 2.45. The van der Waals surface area contributed by atoms with E-state index in [9.17, 15) is 15.3 Å². The first-order valence-corrected chi connectivity index (χ1v) is 5.02. The van der Waals surface area contributed by atoms with Crippen LogP contribution < -0.4 is 5.73 Å². The average Bonchev–Trinajstić information content (AvgIpc) is 2.89. The third kappa shape index (κ3) is 1.82. The van der Waals surface area contributed by atoms with Crippen LogP contribution in [0.5, 0.6) is 17.2 Å². The number of halogens is 1. The zero-order valence-corrected chi connectivity index (χ0v) is 8.75. The number of hydrogen-bond donors (Lipinski definition) is 4. The van der Waals surface area contributed by atoms with Crippen LogP contribution in [0.25, 0.3) is 0 Å². The molecular weight excluding hydrogens is 218 g/mol. The van der Waals surface area contributed by atoms with Gasteiger partial charge in [0.2, 0.25) is 0 Å². The van der Waals surface area contributed by atoms with Crippen molar-refractivity contribution in [2.45, 2.75) is 24.8 Å². The maximum atomic E-state index is 9.59. The zero-order valence-electron chi connectivity index (χ0n) is 8.00. The second kappa shape index (κ2) is 3.18. The van der Waals surface area contributed by atoms with Gasteiger partial charge in [-0.3, -0.25) is 0 Å². The molecule has 0 bridgehead atoms. The molecule has 1 fully saturated rings. The molecule has 0 heterocycles. The molecule has 1 aliphatic carbocycles. The standard InChI is InChI=1S/C10H12ClNO3/c11-8-5(4-10(12)1-2-10)9(15)7(14)3-6(8)13/h3,13-15H,1-2,4,12H2. The summed E-state index contributed by atoms with van der Waals surface area (Å²) in [6.45, 7) is 0. The highest BCUT2D eigenvalue weighted by molar-refractivity contribution is 6.33. The van der Waals surface area contributed by atoms with Gasteiger partial charge in [-0.25, -0.2) is 0 Å². The van der Waals surface area contributed by atoms with Gasteiger partial charge in [-0.1, -0.05) is 11.6 Å². The van der Waals surface area contributed by atoms with E-state index in [1.54, 1.807) is 0 Å². The summed E-state index contributed by atoms with van der Waals surface area (Å²) in [6.07, 6.45) is 2.08. The van der Waals surface area contributed by atoms with Crippen LogP contribution >= 0.6 is 11.6 Å². The summed E-state index contributed by atoms with van der Waals surface area (Å²) in [5.41, 5.74) is 5.85. The maximum absolute atomic E-state index is 9.59. The molecule has 0 saturated heterocycles. The summed E-state index contributed by atoms with van der Waals surface area (Å²) in [6, 6.07) is 1.01. The third-order valence-electron chi connectivity index (χ3n) is 2.71. The minimum absolute atomic E-state index is 0.0574. The Kier molecular flexibility index (Phi) is 2.20. The topological polar surface area (TPSA) is 86.7 Å². The van der Waals surface area contributed by atoms with Gasteiger partial charge in [0, 0.05) is 17.2 Å². The summed E-state index contributed by atoms with van der Waals surface area (Å²) in [5.74, 6) is -0.920. The predicted molar refractivity (Wildman–Crippen MR) is 56.3 cm³/mol. The first-order chi connectivity index (χ1) is 6.93. The molecule has 0 spiro atoms. The molecule has 1 aromatic rings. The van der Waals surface area contributed by atoms with Gasteiger partial charge in [0.15, 0.2) is 11.5 Å². The summed E-state index contributed by atoms with van der Waals surface area (Å²) >= 11 is 5.83. The fourth-order valence-electron chi connectivity index (χ4n) is 1.53. The van der Waals surface area contributed by atoms with Crippen molar-refractivity contribution < 1.29 is 15.3 Å². The van der Waals surface area contributed by atoms with Gasteiger partial charge in [-0.2, -0.15) is 0 Å². The van der Waals surface area contributed by atoms with Gasteiger partial charge < -0.3 is 21.1 Å². The van der Waals surface area contributed by atoms with E-state index in [0.717, 1.165) is 18.9 Å². The molecule has 0 unspecified atom stereocenters. The van der Waals surface area contributed by atoms with Gasteiger partial charge in [-0.15, -0.1) is 0 Å². The minimum atomic E-state index is -0.379. The van der Waals surface area contributed by atoms with Crippen molar-refractivity contribution in [3.63, 3.8) is 0 Å². The van der Waals surface area contributed by atoms with Crippen LogP contribution in [-0.2, 0) is 6.42 Å². The van der Waals surface area contributed by atoms with Crippen molar-refractivity contribution in [2.24, 2.45) is 5.73 Å². The van der Waals surface area contributed by atoms with Crippen LogP contribution in [0, 0.1) is 0 Å². The lowest BCUT2D eigenvalue weighted by Crippen LogP contribution is -2.24. The molecule has 82 valence electrons. The molecule has 0 radical (unpaired) electrons. The monoisotopic (exact) mass is 229 g/mol. The Hall–Kier alpha value is -1.13. The van der Waals surface area contributed by atoms with Gasteiger partial charge in [-0.05, 0) is 19.3 Å². The number of benzene rings is 1. The molecule has 1 aliphatic rings. The smallest absolute Gasteiger partial charge is 0.162 e. The number of aromatic hydroxyl groups is 3.